The van der Waals surface area contributed by atoms with E-state index in [0.717, 1.165) is 0 Å². The summed E-state index contributed by atoms with van der Waals surface area (Å²) in [6.07, 6.45) is 1.80. The number of aromatic nitrogens is 1. The topological polar surface area (TPSA) is 75.8 Å². The van der Waals surface area contributed by atoms with Crippen LogP contribution in [0.3, 0.4) is 0 Å². The maximum Gasteiger partial charge on any atom is 0.241 e. The fourth-order valence-corrected chi connectivity index (χ4v) is 0.992. The Morgan fingerprint density at radius 2 is 2.50 bits per heavy atom. The first-order chi connectivity index (χ1) is 4.79. The summed E-state index contributed by atoms with van der Waals surface area (Å²) in [5, 5.41) is 12.6. The summed E-state index contributed by atoms with van der Waals surface area (Å²) < 4.78 is 4.56. The van der Waals surface area contributed by atoms with E-state index in [0.29, 0.717) is 10.6 Å². The Labute approximate surface area is 62.0 Å². The number of nitrogens with two attached hydrogens (primary N) is 1. The van der Waals surface area contributed by atoms with E-state index in [2.05, 4.69) is 9.68 Å². The molecule has 0 amide bonds. The number of rotatable bonds is 1. The van der Waals surface area contributed by atoms with Crippen LogP contribution in [0, 0.1) is 11.3 Å². The van der Waals surface area contributed by atoms with Crippen molar-refractivity contribution in [1.82, 2.24) is 5.16 Å². The first-order valence-electron chi connectivity index (χ1n) is 2.48. The Bertz CT molecular complexity index is 275. The molecule has 0 aliphatic rings. The molecule has 0 atom stereocenters. The number of thioether (sulfide) groups is 1. The molecule has 0 unspecified atom stereocenters. The van der Waals surface area contributed by atoms with Gasteiger partial charge in [0.05, 0.1) is 0 Å². The van der Waals surface area contributed by atoms with E-state index in [4.69, 9.17) is 11.0 Å². The van der Waals surface area contributed by atoms with Crippen molar-refractivity contribution in [2.45, 2.75) is 5.03 Å². The molecule has 0 spiro atoms. The molecule has 0 aliphatic heterocycles. The molecule has 0 bridgehead atoms. The molecule has 5 heteroatoms. The minimum Gasteiger partial charge on any atom is -0.366 e. The van der Waals surface area contributed by atoms with Gasteiger partial charge in [0.2, 0.25) is 5.88 Å². The molecule has 1 rings (SSSR count). The maximum absolute atomic E-state index is 8.48. The molecule has 1 aromatic rings. The minimum atomic E-state index is 0.0897. The molecule has 52 valence electrons. The van der Waals surface area contributed by atoms with Crippen LogP contribution in [-0.2, 0) is 0 Å². The van der Waals surface area contributed by atoms with Gasteiger partial charge in [-0.15, -0.1) is 11.8 Å². The van der Waals surface area contributed by atoms with Crippen molar-refractivity contribution in [2.24, 2.45) is 0 Å². The fraction of sp³-hybridized carbons (Fsp3) is 0.200. The number of nitrogens with zero attached hydrogens (tertiary/aromatic N) is 2. The highest BCUT2D eigenvalue weighted by atomic mass is 32.2. The molecule has 0 fully saturated rings. The molecule has 4 nitrogen and oxygen atoms in total. The van der Waals surface area contributed by atoms with Gasteiger partial charge >= 0.3 is 0 Å². The van der Waals surface area contributed by atoms with Gasteiger partial charge in [-0.2, -0.15) is 5.26 Å². The molecular formula is C5H5N3OS. The largest absolute Gasteiger partial charge is 0.366 e. The molecule has 0 aliphatic carbocycles. The number of nitrogen functional groups attached to an aromatic ring is 1. The van der Waals surface area contributed by atoms with Crippen molar-refractivity contribution in [3.63, 3.8) is 0 Å². The predicted octanol–water partition coefficient (Wildman–Crippen LogP) is 0.850. The van der Waals surface area contributed by atoms with Crippen LogP contribution in [0.2, 0.25) is 0 Å². The number of hydrogen-bond donors (Lipinski definition) is 1. The van der Waals surface area contributed by atoms with E-state index >= 15 is 0 Å². The third kappa shape index (κ3) is 0.933. The number of anilines is 1. The van der Waals surface area contributed by atoms with Crippen molar-refractivity contribution in [1.29, 1.82) is 5.26 Å². The summed E-state index contributed by atoms with van der Waals surface area (Å²) in [5.74, 6) is 0.0897. The van der Waals surface area contributed by atoms with E-state index in [1.54, 1.807) is 6.26 Å². The third-order valence-corrected chi connectivity index (χ3v) is 1.66. The zero-order valence-electron chi connectivity index (χ0n) is 5.29. The Hall–Kier alpha value is -1.15. The Balaban J connectivity index is 3.17. The van der Waals surface area contributed by atoms with Gasteiger partial charge in [-0.1, -0.05) is 5.16 Å². The normalized spacial score (nSPS) is 9.20. The molecule has 2 N–H and O–H groups in total. The molecule has 1 heterocycles. The van der Waals surface area contributed by atoms with E-state index in [1.807, 2.05) is 6.07 Å². The van der Waals surface area contributed by atoms with Crippen LogP contribution in [0.15, 0.2) is 9.55 Å². The molecule has 0 radical (unpaired) electrons. The fourth-order valence-electron chi connectivity index (χ4n) is 0.530. The van der Waals surface area contributed by atoms with Gasteiger partial charge in [0.1, 0.15) is 6.07 Å². The summed E-state index contributed by atoms with van der Waals surface area (Å²) in [5.41, 5.74) is 5.59. The first kappa shape index (κ1) is 6.96. The average molecular weight is 155 g/mol. The highest BCUT2D eigenvalue weighted by Gasteiger charge is 2.10. The van der Waals surface area contributed by atoms with E-state index in [1.165, 1.54) is 11.8 Å². The molecular weight excluding hydrogens is 150 g/mol. The second-order valence-electron chi connectivity index (χ2n) is 1.54. The smallest absolute Gasteiger partial charge is 0.241 e. The molecule has 10 heavy (non-hydrogen) atoms. The second-order valence-corrected chi connectivity index (χ2v) is 2.34. The monoisotopic (exact) mass is 155 g/mol. The van der Waals surface area contributed by atoms with Crippen LogP contribution in [0.1, 0.15) is 5.56 Å². The van der Waals surface area contributed by atoms with Crippen molar-refractivity contribution in [3.8, 4) is 6.07 Å². The minimum absolute atomic E-state index is 0.0897. The van der Waals surface area contributed by atoms with Gasteiger partial charge in [-0.3, -0.25) is 0 Å². The third-order valence-electron chi connectivity index (χ3n) is 0.992. The quantitative estimate of drug-likeness (QED) is 0.608. The van der Waals surface area contributed by atoms with Crippen LogP contribution in [0.4, 0.5) is 5.88 Å². The van der Waals surface area contributed by atoms with Crippen LogP contribution in [0.5, 0.6) is 0 Å². The van der Waals surface area contributed by atoms with E-state index in [9.17, 15) is 0 Å². The average Bonchev–Trinajstić information content (AvgIpc) is 2.30. The van der Waals surface area contributed by atoms with Gasteiger partial charge in [-0.25, -0.2) is 0 Å². The molecule has 0 saturated carbocycles. The Kier molecular flexibility index (Phi) is 1.83. The van der Waals surface area contributed by atoms with E-state index < -0.39 is 0 Å². The summed E-state index contributed by atoms with van der Waals surface area (Å²) in [7, 11) is 0. The highest BCUT2D eigenvalue weighted by Crippen LogP contribution is 2.22. The molecule has 1 aromatic heterocycles. The predicted molar refractivity (Wildman–Crippen MR) is 37.4 cm³/mol. The number of hydrogen-bond acceptors (Lipinski definition) is 5. The van der Waals surface area contributed by atoms with Gasteiger partial charge in [0.25, 0.3) is 0 Å². The standard InChI is InChI=1S/C5H5N3OS/c1-10-5-3(2-6)4(7)9-8-5/h7H2,1H3. The van der Waals surface area contributed by atoms with Crippen LogP contribution < -0.4 is 5.73 Å². The summed E-state index contributed by atoms with van der Waals surface area (Å²) >= 11 is 1.33. The van der Waals surface area contributed by atoms with Crippen LogP contribution >= 0.6 is 11.8 Å². The second kappa shape index (κ2) is 2.62. The van der Waals surface area contributed by atoms with Gasteiger partial charge in [0, 0.05) is 0 Å². The van der Waals surface area contributed by atoms with Gasteiger partial charge in [0.15, 0.2) is 10.6 Å². The van der Waals surface area contributed by atoms with Crippen molar-refractivity contribution >= 4 is 17.6 Å². The molecule has 0 aromatic carbocycles. The van der Waals surface area contributed by atoms with Crippen molar-refractivity contribution in [3.05, 3.63) is 5.56 Å². The van der Waals surface area contributed by atoms with Crippen molar-refractivity contribution in [2.75, 3.05) is 12.0 Å². The van der Waals surface area contributed by atoms with Crippen molar-refractivity contribution < 1.29 is 4.52 Å². The zero-order chi connectivity index (χ0) is 7.56. The highest BCUT2D eigenvalue weighted by molar-refractivity contribution is 7.98. The zero-order valence-corrected chi connectivity index (χ0v) is 6.10. The lowest BCUT2D eigenvalue weighted by atomic mass is 10.4. The Morgan fingerprint density at radius 3 is 2.90 bits per heavy atom. The van der Waals surface area contributed by atoms with Crippen LogP contribution in [0.25, 0.3) is 0 Å². The van der Waals surface area contributed by atoms with Gasteiger partial charge < -0.3 is 10.3 Å². The summed E-state index contributed by atoms with van der Waals surface area (Å²) in [4.78, 5) is 0. The Morgan fingerprint density at radius 1 is 1.80 bits per heavy atom. The van der Waals surface area contributed by atoms with Gasteiger partial charge in [-0.05, 0) is 6.26 Å². The molecule has 0 saturated heterocycles. The maximum atomic E-state index is 8.48. The lowest BCUT2D eigenvalue weighted by molar-refractivity contribution is 0.419. The lowest BCUT2D eigenvalue weighted by Gasteiger charge is -1.82. The lowest BCUT2D eigenvalue weighted by Crippen LogP contribution is -1.84. The number of nitriles is 1. The van der Waals surface area contributed by atoms with E-state index in [-0.39, 0.29) is 5.88 Å². The van der Waals surface area contributed by atoms with Crippen LogP contribution in [-0.4, -0.2) is 11.4 Å². The summed E-state index contributed by atoms with van der Waals surface area (Å²) in [6, 6.07) is 1.89. The SMILES string of the molecule is CSc1noc(N)c1C#N. The summed E-state index contributed by atoms with van der Waals surface area (Å²) in [6.45, 7) is 0. The first-order valence-corrected chi connectivity index (χ1v) is 3.71.